The van der Waals surface area contributed by atoms with Crippen molar-refractivity contribution in [3.63, 3.8) is 0 Å². The van der Waals surface area contributed by atoms with Crippen LogP contribution in [0.3, 0.4) is 0 Å². The second-order valence-electron chi connectivity index (χ2n) is 12.2. The molecular weight excluding hydrogens is 554 g/mol. The summed E-state index contributed by atoms with van der Waals surface area (Å²) in [5, 5.41) is 12.8. The van der Waals surface area contributed by atoms with Crippen molar-refractivity contribution in [3.05, 3.63) is 69.4 Å². The van der Waals surface area contributed by atoms with Crippen LogP contribution in [-0.2, 0) is 13.5 Å². The molecule has 2 fully saturated rings. The van der Waals surface area contributed by atoms with Crippen LogP contribution >= 0.6 is 0 Å². The SMILES string of the molecule is CNc1cc(F)c(F)c2c1Cc1ncc(-c3cnc4c(c3)c(=O)c(C(=O)O)cn4C)c(N3CC4[C@H](CC[C@@H]4N(C)C)C3)c1-2. The van der Waals surface area contributed by atoms with Gasteiger partial charge in [-0.3, -0.25) is 9.78 Å². The molecule has 0 spiro atoms. The average molecular weight is 587 g/mol. The number of nitrogens with zero attached hydrogens (tertiary/aromatic N) is 5. The first-order chi connectivity index (χ1) is 20.6. The monoisotopic (exact) mass is 586 g/mol. The third kappa shape index (κ3) is 4.05. The molecule has 43 heavy (non-hydrogen) atoms. The van der Waals surface area contributed by atoms with Crippen molar-refractivity contribution in [1.29, 1.82) is 0 Å². The number of carboxylic acid groups (broad SMARTS) is 1. The lowest BCUT2D eigenvalue weighted by Gasteiger charge is -2.29. The van der Waals surface area contributed by atoms with E-state index < -0.39 is 23.0 Å². The molecule has 0 radical (unpaired) electrons. The predicted octanol–water partition coefficient (Wildman–Crippen LogP) is 4.36. The fourth-order valence-corrected chi connectivity index (χ4v) is 7.70. The Morgan fingerprint density at radius 3 is 2.63 bits per heavy atom. The molecule has 9 nitrogen and oxygen atoms in total. The summed E-state index contributed by atoms with van der Waals surface area (Å²) in [5.74, 6) is -2.29. The molecule has 222 valence electrons. The van der Waals surface area contributed by atoms with Crippen LogP contribution in [0.5, 0.6) is 0 Å². The van der Waals surface area contributed by atoms with Crippen molar-refractivity contribution in [2.75, 3.05) is 44.4 Å². The number of hydrogen-bond donors (Lipinski definition) is 2. The number of carbonyl (C=O) groups is 1. The lowest BCUT2D eigenvalue weighted by Crippen LogP contribution is -2.35. The minimum absolute atomic E-state index is 0.160. The van der Waals surface area contributed by atoms with E-state index in [0.717, 1.165) is 31.6 Å². The summed E-state index contributed by atoms with van der Waals surface area (Å²) in [4.78, 5) is 38.9. The zero-order chi connectivity index (χ0) is 30.3. The lowest BCUT2D eigenvalue weighted by molar-refractivity contribution is 0.0695. The number of rotatable bonds is 5. The fraction of sp³-hybridized carbons (Fsp3) is 0.375. The first kappa shape index (κ1) is 27.5. The van der Waals surface area contributed by atoms with Crippen LogP contribution in [0, 0.1) is 23.5 Å². The highest BCUT2D eigenvalue weighted by Gasteiger charge is 2.45. The van der Waals surface area contributed by atoms with Crippen molar-refractivity contribution >= 4 is 28.4 Å². The molecule has 4 heterocycles. The molecular formula is C32H32F2N6O3. The van der Waals surface area contributed by atoms with E-state index in [2.05, 4.69) is 34.2 Å². The number of pyridine rings is 3. The van der Waals surface area contributed by atoms with Crippen LogP contribution in [0.1, 0.15) is 34.5 Å². The smallest absolute Gasteiger partial charge is 0.341 e. The molecule has 7 rings (SSSR count). The number of aryl methyl sites for hydroxylation is 1. The zero-order valence-corrected chi connectivity index (χ0v) is 24.4. The van der Waals surface area contributed by atoms with Crippen LogP contribution < -0.4 is 15.6 Å². The molecule has 2 N–H and O–H groups in total. The number of nitrogens with one attached hydrogen (secondary N) is 1. The second kappa shape index (κ2) is 9.84. The number of benzene rings is 1. The molecule has 0 bridgehead atoms. The number of halogens is 2. The van der Waals surface area contributed by atoms with Gasteiger partial charge in [-0.15, -0.1) is 0 Å². The molecule has 4 aromatic rings. The zero-order valence-electron chi connectivity index (χ0n) is 24.4. The summed E-state index contributed by atoms with van der Waals surface area (Å²) in [6.45, 7) is 1.50. The fourth-order valence-electron chi connectivity index (χ4n) is 7.70. The van der Waals surface area contributed by atoms with E-state index in [-0.39, 0.29) is 16.5 Å². The van der Waals surface area contributed by atoms with Gasteiger partial charge in [0.25, 0.3) is 0 Å². The Labute approximate surface area is 246 Å². The van der Waals surface area contributed by atoms with E-state index in [1.807, 2.05) is 0 Å². The van der Waals surface area contributed by atoms with Gasteiger partial charge in [0.15, 0.2) is 11.6 Å². The first-order valence-corrected chi connectivity index (χ1v) is 14.4. The minimum Gasteiger partial charge on any atom is -0.477 e. The van der Waals surface area contributed by atoms with Crippen LogP contribution in [-0.4, -0.2) is 70.8 Å². The number of aromatic nitrogens is 3. The van der Waals surface area contributed by atoms with E-state index >= 15 is 4.39 Å². The quantitative estimate of drug-likeness (QED) is 0.313. The number of fused-ring (bicyclic) bond motifs is 5. The van der Waals surface area contributed by atoms with E-state index in [0.29, 0.717) is 63.6 Å². The van der Waals surface area contributed by atoms with Crippen molar-refractivity contribution in [3.8, 4) is 22.3 Å². The maximum Gasteiger partial charge on any atom is 0.341 e. The second-order valence-corrected chi connectivity index (χ2v) is 12.2. The highest BCUT2D eigenvalue weighted by molar-refractivity contribution is 5.98. The summed E-state index contributed by atoms with van der Waals surface area (Å²) in [7, 11) is 7.53. The Balaban J connectivity index is 1.48. The molecule has 2 aliphatic carbocycles. The molecule has 1 saturated heterocycles. The normalized spacial score (nSPS) is 20.5. The molecule has 1 aromatic carbocycles. The highest BCUT2D eigenvalue weighted by atomic mass is 19.2. The van der Waals surface area contributed by atoms with Gasteiger partial charge >= 0.3 is 5.97 Å². The van der Waals surface area contributed by atoms with Crippen LogP contribution in [0.2, 0.25) is 0 Å². The molecule has 3 aliphatic rings. The van der Waals surface area contributed by atoms with Gasteiger partial charge in [0, 0.05) is 92.2 Å². The van der Waals surface area contributed by atoms with Gasteiger partial charge in [-0.2, -0.15) is 0 Å². The maximum atomic E-state index is 15.8. The summed E-state index contributed by atoms with van der Waals surface area (Å²) in [6.07, 6.45) is 7.17. The number of hydrogen-bond acceptors (Lipinski definition) is 7. The molecule has 3 atom stereocenters. The van der Waals surface area contributed by atoms with Gasteiger partial charge in [-0.25, -0.2) is 18.6 Å². The maximum absolute atomic E-state index is 15.8. The Bertz CT molecular complexity index is 1910. The first-order valence-electron chi connectivity index (χ1n) is 14.4. The molecule has 1 unspecified atom stereocenters. The van der Waals surface area contributed by atoms with Crippen LogP contribution in [0.4, 0.5) is 20.2 Å². The van der Waals surface area contributed by atoms with Gasteiger partial charge in [-0.05, 0) is 50.4 Å². The molecule has 1 aliphatic heterocycles. The molecule has 1 saturated carbocycles. The lowest BCUT2D eigenvalue weighted by atomic mass is 9.96. The summed E-state index contributed by atoms with van der Waals surface area (Å²) >= 11 is 0. The van der Waals surface area contributed by atoms with E-state index in [4.69, 9.17) is 4.98 Å². The topological polar surface area (TPSA) is 104 Å². The van der Waals surface area contributed by atoms with Gasteiger partial charge in [0.05, 0.1) is 16.8 Å². The van der Waals surface area contributed by atoms with E-state index in [1.165, 1.54) is 16.8 Å². The molecule has 0 amide bonds. The average Bonchev–Trinajstić information content (AvgIpc) is 3.68. The third-order valence-corrected chi connectivity index (χ3v) is 9.67. The Hall–Kier alpha value is -4.38. The van der Waals surface area contributed by atoms with Gasteiger partial charge in [0.2, 0.25) is 5.43 Å². The molecule has 11 heteroatoms. The van der Waals surface area contributed by atoms with Gasteiger partial charge in [-0.1, -0.05) is 0 Å². The predicted molar refractivity (Wildman–Crippen MR) is 161 cm³/mol. The van der Waals surface area contributed by atoms with Gasteiger partial charge in [0.1, 0.15) is 11.2 Å². The molecule has 3 aromatic heterocycles. The van der Waals surface area contributed by atoms with Gasteiger partial charge < -0.3 is 24.8 Å². The standard InChI is InChI=1S/C32H32F2N6O3/c1-35-23-9-22(33)28(34)26-17(23)8-24-27(26)29(40-12-15-5-6-25(38(2)3)20(15)14-40)19(11-36-24)16-7-18-30(41)21(32(42)43)13-39(4)31(18)37-10-16/h7,9-11,13,15,20,25,35H,5-6,8,12,14H2,1-4H3,(H,42,43)/t15-,20?,25+/m1/s1. The number of carboxylic acids is 1. The summed E-state index contributed by atoms with van der Waals surface area (Å²) in [5.41, 5.74) is 3.91. The van der Waals surface area contributed by atoms with Crippen molar-refractivity contribution < 1.29 is 18.7 Å². The number of aromatic carboxylic acids is 1. The Kier molecular flexibility index (Phi) is 6.28. The highest BCUT2D eigenvalue weighted by Crippen LogP contribution is 2.52. The van der Waals surface area contributed by atoms with Crippen molar-refractivity contribution in [1.82, 2.24) is 19.4 Å². The third-order valence-electron chi connectivity index (χ3n) is 9.67. The largest absolute Gasteiger partial charge is 0.477 e. The number of anilines is 2. The van der Waals surface area contributed by atoms with E-state index in [9.17, 15) is 19.1 Å². The van der Waals surface area contributed by atoms with Crippen LogP contribution in [0.15, 0.2) is 35.5 Å². The van der Waals surface area contributed by atoms with Crippen molar-refractivity contribution in [2.24, 2.45) is 18.9 Å². The Morgan fingerprint density at radius 2 is 1.91 bits per heavy atom. The van der Waals surface area contributed by atoms with Crippen LogP contribution in [0.25, 0.3) is 33.3 Å². The summed E-state index contributed by atoms with van der Waals surface area (Å²) < 4.78 is 32.3. The minimum atomic E-state index is -1.32. The van der Waals surface area contributed by atoms with E-state index in [1.54, 1.807) is 32.6 Å². The Morgan fingerprint density at radius 1 is 1.12 bits per heavy atom. The van der Waals surface area contributed by atoms with Crippen molar-refractivity contribution in [2.45, 2.75) is 25.3 Å². The summed E-state index contributed by atoms with van der Waals surface area (Å²) in [6, 6.07) is 3.25.